The number of amides is 1. The van der Waals surface area contributed by atoms with E-state index in [0.29, 0.717) is 24.7 Å². The number of carbonyl (C=O) groups is 1. The first-order valence-corrected chi connectivity index (χ1v) is 8.06. The van der Waals surface area contributed by atoms with Gasteiger partial charge in [0, 0.05) is 12.6 Å². The highest BCUT2D eigenvalue weighted by Gasteiger charge is 2.04. The molecule has 0 aliphatic carbocycles. The average molecular weight is 341 g/mol. The van der Waals surface area contributed by atoms with Crippen LogP contribution in [0.25, 0.3) is 6.08 Å². The maximum absolute atomic E-state index is 12.0. The minimum absolute atomic E-state index is 0.163. The summed E-state index contributed by atoms with van der Waals surface area (Å²) in [6.45, 7) is 2.94. The fraction of sp³-hybridized carbons (Fsp3) is 0.250. The second-order valence-electron chi connectivity index (χ2n) is 5.24. The molecule has 1 amide bonds. The molecule has 0 aromatic heterocycles. The standard InChI is InChI=1S/C20H23NO4/c1-4-25-18-11-7-15(13-19(18)24-3)8-12-20(22)21-14-16-5-9-17(23-2)10-6-16/h5-13H,4,14H2,1-3H3,(H,21,22). The van der Waals surface area contributed by atoms with Crippen molar-refractivity contribution < 1.29 is 19.0 Å². The number of nitrogens with one attached hydrogen (secondary N) is 1. The normalized spacial score (nSPS) is 10.5. The van der Waals surface area contributed by atoms with Crippen LogP contribution < -0.4 is 19.5 Å². The van der Waals surface area contributed by atoms with Crippen LogP contribution in [-0.4, -0.2) is 26.7 Å². The van der Waals surface area contributed by atoms with Crippen molar-refractivity contribution in [3.63, 3.8) is 0 Å². The van der Waals surface area contributed by atoms with E-state index in [9.17, 15) is 4.79 Å². The third-order valence-corrected chi connectivity index (χ3v) is 3.54. The third kappa shape index (κ3) is 5.57. The smallest absolute Gasteiger partial charge is 0.244 e. The van der Waals surface area contributed by atoms with E-state index in [1.165, 1.54) is 6.08 Å². The molecule has 0 bridgehead atoms. The summed E-state index contributed by atoms with van der Waals surface area (Å²) >= 11 is 0. The lowest BCUT2D eigenvalue weighted by Crippen LogP contribution is -2.20. The molecule has 5 heteroatoms. The van der Waals surface area contributed by atoms with Crippen molar-refractivity contribution in [2.75, 3.05) is 20.8 Å². The molecule has 0 fully saturated rings. The molecule has 0 unspecified atom stereocenters. The average Bonchev–Trinajstić information content (AvgIpc) is 2.66. The zero-order chi connectivity index (χ0) is 18.1. The quantitative estimate of drug-likeness (QED) is 0.748. The first-order chi connectivity index (χ1) is 12.2. The Kier molecular flexibility index (Phi) is 6.89. The van der Waals surface area contributed by atoms with E-state index in [1.54, 1.807) is 20.3 Å². The minimum Gasteiger partial charge on any atom is -0.497 e. The minimum atomic E-state index is -0.163. The number of methoxy groups -OCH3 is 2. The first-order valence-electron chi connectivity index (χ1n) is 8.06. The Morgan fingerprint density at radius 1 is 1.04 bits per heavy atom. The van der Waals surface area contributed by atoms with Crippen LogP contribution in [0, 0.1) is 0 Å². The van der Waals surface area contributed by atoms with Crippen molar-refractivity contribution in [3.05, 3.63) is 59.7 Å². The Hall–Kier alpha value is -2.95. The van der Waals surface area contributed by atoms with Gasteiger partial charge < -0.3 is 19.5 Å². The fourth-order valence-electron chi connectivity index (χ4n) is 2.23. The van der Waals surface area contributed by atoms with Gasteiger partial charge in [0.05, 0.1) is 20.8 Å². The summed E-state index contributed by atoms with van der Waals surface area (Å²) in [5, 5.41) is 2.84. The van der Waals surface area contributed by atoms with Gasteiger partial charge in [0.1, 0.15) is 5.75 Å². The lowest BCUT2D eigenvalue weighted by molar-refractivity contribution is -0.116. The van der Waals surface area contributed by atoms with E-state index in [2.05, 4.69) is 5.32 Å². The summed E-state index contributed by atoms with van der Waals surface area (Å²) in [7, 11) is 3.21. The molecule has 2 aromatic rings. The molecule has 5 nitrogen and oxygen atoms in total. The molecule has 0 saturated heterocycles. The van der Waals surface area contributed by atoms with Crippen LogP contribution in [0.2, 0.25) is 0 Å². The van der Waals surface area contributed by atoms with E-state index in [0.717, 1.165) is 16.9 Å². The molecule has 2 rings (SSSR count). The Morgan fingerprint density at radius 2 is 1.80 bits per heavy atom. The predicted molar refractivity (Wildman–Crippen MR) is 98.0 cm³/mol. The summed E-state index contributed by atoms with van der Waals surface area (Å²) in [6.07, 6.45) is 3.24. The maximum atomic E-state index is 12.0. The van der Waals surface area contributed by atoms with Gasteiger partial charge in [-0.1, -0.05) is 18.2 Å². The zero-order valence-electron chi connectivity index (χ0n) is 14.7. The van der Waals surface area contributed by atoms with Gasteiger partial charge in [-0.05, 0) is 48.4 Å². The number of hydrogen-bond donors (Lipinski definition) is 1. The van der Waals surface area contributed by atoms with Crippen molar-refractivity contribution in [1.82, 2.24) is 5.32 Å². The molecule has 132 valence electrons. The summed E-state index contributed by atoms with van der Waals surface area (Å²) < 4.78 is 15.9. The highest BCUT2D eigenvalue weighted by molar-refractivity contribution is 5.91. The van der Waals surface area contributed by atoms with Gasteiger partial charge in [0.25, 0.3) is 0 Å². The molecule has 0 radical (unpaired) electrons. The number of benzene rings is 2. The van der Waals surface area contributed by atoms with E-state index in [-0.39, 0.29) is 5.91 Å². The van der Waals surface area contributed by atoms with E-state index in [1.807, 2.05) is 49.4 Å². The fourth-order valence-corrected chi connectivity index (χ4v) is 2.23. The number of carbonyl (C=O) groups excluding carboxylic acids is 1. The van der Waals surface area contributed by atoms with Crippen LogP contribution in [0.3, 0.4) is 0 Å². The largest absolute Gasteiger partial charge is 0.497 e. The molecule has 0 aliphatic heterocycles. The highest BCUT2D eigenvalue weighted by Crippen LogP contribution is 2.28. The molecule has 25 heavy (non-hydrogen) atoms. The van der Waals surface area contributed by atoms with Gasteiger partial charge in [-0.3, -0.25) is 4.79 Å². The van der Waals surface area contributed by atoms with Gasteiger partial charge in [-0.25, -0.2) is 0 Å². The first kappa shape index (κ1) is 18.4. The van der Waals surface area contributed by atoms with Gasteiger partial charge in [0.15, 0.2) is 11.5 Å². The molecule has 0 heterocycles. The van der Waals surface area contributed by atoms with Crippen molar-refractivity contribution in [2.45, 2.75) is 13.5 Å². The van der Waals surface area contributed by atoms with Crippen molar-refractivity contribution >= 4 is 12.0 Å². The second kappa shape index (κ2) is 9.37. The predicted octanol–water partition coefficient (Wildman–Crippen LogP) is 3.43. The second-order valence-corrected chi connectivity index (χ2v) is 5.24. The number of hydrogen-bond acceptors (Lipinski definition) is 4. The van der Waals surface area contributed by atoms with Crippen LogP contribution in [0.4, 0.5) is 0 Å². The lowest BCUT2D eigenvalue weighted by Gasteiger charge is -2.09. The molecule has 0 saturated carbocycles. The van der Waals surface area contributed by atoms with Crippen LogP contribution in [0.1, 0.15) is 18.1 Å². The van der Waals surface area contributed by atoms with Crippen LogP contribution in [0.15, 0.2) is 48.5 Å². The monoisotopic (exact) mass is 341 g/mol. The summed E-state index contributed by atoms with van der Waals surface area (Å²) in [5.74, 6) is 1.96. The van der Waals surface area contributed by atoms with Crippen LogP contribution in [-0.2, 0) is 11.3 Å². The third-order valence-electron chi connectivity index (χ3n) is 3.54. The zero-order valence-corrected chi connectivity index (χ0v) is 14.7. The van der Waals surface area contributed by atoms with E-state index >= 15 is 0 Å². The Bertz CT molecular complexity index is 723. The van der Waals surface area contributed by atoms with Crippen molar-refractivity contribution in [1.29, 1.82) is 0 Å². The van der Waals surface area contributed by atoms with E-state index in [4.69, 9.17) is 14.2 Å². The Balaban J connectivity index is 1.92. The SMILES string of the molecule is CCOc1ccc(C=CC(=O)NCc2ccc(OC)cc2)cc1OC. The molecule has 0 atom stereocenters. The molecule has 1 N–H and O–H groups in total. The number of rotatable bonds is 8. The molecule has 0 spiro atoms. The summed E-state index contributed by atoms with van der Waals surface area (Å²) in [5.41, 5.74) is 1.87. The van der Waals surface area contributed by atoms with Gasteiger partial charge in [-0.15, -0.1) is 0 Å². The highest BCUT2D eigenvalue weighted by atomic mass is 16.5. The van der Waals surface area contributed by atoms with Crippen LogP contribution in [0.5, 0.6) is 17.2 Å². The molecular weight excluding hydrogens is 318 g/mol. The van der Waals surface area contributed by atoms with Gasteiger partial charge >= 0.3 is 0 Å². The number of ether oxygens (including phenoxy) is 3. The summed E-state index contributed by atoms with van der Waals surface area (Å²) in [4.78, 5) is 12.0. The topological polar surface area (TPSA) is 56.8 Å². The summed E-state index contributed by atoms with van der Waals surface area (Å²) in [6, 6.07) is 13.1. The maximum Gasteiger partial charge on any atom is 0.244 e. The molecular formula is C20H23NO4. The lowest BCUT2D eigenvalue weighted by atomic mass is 10.2. The van der Waals surface area contributed by atoms with E-state index < -0.39 is 0 Å². The Labute approximate surface area is 148 Å². The van der Waals surface area contributed by atoms with Gasteiger partial charge in [0.2, 0.25) is 5.91 Å². The van der Waals surface area contributed by atoms with Crippen LogP contribution >= 0.6 is 0 Å². The van der Waals surface area contributed by atoms with Crippen molar-refractivity contribution in [3.8, 4) is 17.2 Å². The van der Waals surface area contributed by atoms with Gasteiger partial charge in [-0.2, -0.15) is 0 Å². The van der Waals surface area contributed by atoms with Crippen molar-refractivity contribution in [2.24, 2.45) is 0 Å². The molecule has 2 aromatic carbocycles. The Morgan fingerprint density at radius 3 is 2.44 bits per heavy atom. The molecule has 0 aliphatic rings.